The fourth-order valence-corrected chi connectivity index (χ4v) is 7.26. The van der Waals surface area contributed by atoms with Crippen LogP contribution < -0.4 is 0 Å². The molecule has 0 amide bonds. The van der Waals surface area contributed by atoms with Crippen LogP contribution in [0.1, 0.15) is 0 Å². The summed E-state index contributed by atoms with van der Waals surface area (Å²) in [6, 6.07) is 57.7. The molecule has 228 valence electrons. The van der Waals surface area contributed by atoms with Gasteiger partial charge in [0.15, 0.2) is 0 Å². The van der Waals surface area contributed by atoms with E-state index in [0.29, 0.717) is 5.95 Å². The smallest absolute Gasteiger partial charge is 0.235 e. The number of nitrogens with zero attached hydrogens (tertiary/aromatic N) is 4. The second-order valence-electron chi connectivity index (χ2n) is 12.5. The minimum Gasteiger partial charge on any atom is -0.278 e. The normalized spacial score (nSPS) is 11.7. The summed E-state index contributed by atoms with van der Waals surface area (Å²) in [4.78, 5) is 15.6. The molecule has 0 atom stereocenters. The predicted octanol–water partition coefficient (Wildman–Crippen LogP) is 11.4. The lowest BCUT2D eigenvalue weighted by Crippen LogP contribution is -2.03. The van der Waals surface area contributed by atoms with Gasteiger partial charge in [0, 0.05) is 33.5 Å². The Hall–Kier alpha value is -6.65. The van der Waals surface area contributed by atoms with Crippen molar-refractivity contribution in [2.45, 2.75) is 0 Å². The summed E-state index contributed by atoms with van der Waals surface area (Å²) in [7, 11) is 0. The highest BCUT2D eigenvalue weighted by atomic mass is 15.2. The van der Waals surface area contributed by atoms with Crippen LogP contribution in [0.5, 0.6) is 0 Å². The largest absolute Gasteiger partial charge is 0.278 e. The van der Waals surface area contributed by atoms with Crippen molar-refractivity contribution in [2.24, 2.45) is 0 Å². The van der Waals surface area contributed by atoms with E-state index in [4.69, 9.17) is 15.0 Å². The van der Waals surface area contributed by atoms with Crippen LogP contribution in [-0.4, -0.2) is 19.5 Å². The average molecular weight is 625 g/mol. The molecule has 0 aliphatic rings. The molecular formula is C45H28N4. The van der Waals surface area contributed by atoms with Crippen molar-refractivity contribution in [2.75, 3.05) is 0 Å². The predicted molar refractivity (Wildman–Crippen MR) is 203 cm³/mol. The van der Waals surface area contributed by atoms with Crippen LogP contribution in [-0.2, 0) is 0 Å². The van der Waals surface area contributed by atoms with Crippen LogP contribution in [0.25, 0.3) is 93.8 Å². The summed E-state index contributed by atoms with van der Waals surface area (Å²) in [5.41, 5.74) is 9.19. The number of hydrogen-bond donors (Lipinski definition) is 0. The van der Waals surface area contributed by atoms with E-state index in [-0.39, 0.29) is 0 Å². The maximum absolute atomic E-state index is 5.36. The molecule has 0 spiro atoms. The van der Waals surface area contributed by atoms with Crippen molar-refractivity contribution < 1.29 is 0 Å². The first-order chi connectivity index (χ1) is 24.3. The summed E-state index contributed by atoms with van der Waals surface area (Å²) >= 11 is 0. The summed E-state index contributed by atoms with van der Waals surface area (Å²) in [6.45, 7) is 0. The molecule has 0 fully saturated rings. The fourth-order valence-electron chi connectivity index (χ4n) is 7.26. The molecule has 3 aromatic heterocycles. The molecule has 0 saturated carbocycles. The van der Waals surface area contributed by atoms with Crippen LogP contribution in [0, 0.1) is 0 Å². The fraction of sp³-hybridized carbons (Fsp3) is 0. The molecule has 10 rings (SSSR count). The third-order valence-electron chi connectivity index (χ3n) is 9.63. The lowest BCUT2D eigenvalue weighted by molar-refractivity contribution is 1.01. The quantitative estimate of drug-likeness (QED) is 0.196. The van der Waals surface area contributed by atoms with Gasteiger partial charge in [0.2, 0.25) is 5.95 Å². The van der Waals surface area contributed by atoms with Gasteiger partial charge in [0.05, 0.1) is 27.9 Å². The Morgan fingerprint density at radius 3 is 1.94 bits per heavy atom. The van der Waals surface area contributed by atoms with E-state index in [1.54, 1.807) is 0 Å². The number of pyridine rings is 1. The Bertz CT molecular complexity index is 2860. The highest BCUT2D eigenvalue weighted by Crippen LogP contribution is 2.38. The second-order valence-corrected chi connectivity index (χ2v) is 12.5. The first-order valence-electron chi connectivity index (χ1n) is 16.5. The van der Waals surface area contributed by atoms with E-state index in [9.17, 15) is 0 Å². The summed E-state index contributed by atoms with van der Waals surface area (Å²) in [6.07, 6.45) is 1.95. The minimum absolute atomic E-state index is 0.632. The Morgan fingerprint density at radius 2 is 1.10 bits per heavy atom. The molecule has 0 radical (unpaired) electrons. The maximum Gasteiger partial charge on any atom is 0.235 e. The van der Waals surface area contributed by atoms with Crippen molar-refractivity contribution in [3.63, 3.8) is 0 Å². The summed E-state index contributed by atoms with van der Waals surface area (Å²) in [5.74, 6) is 0.632. The number of rotatable bonds is 4. The molecule has 0 saturated heterocycles. The molecule has 0 aliphatic heterocycles. The molecule has 7 aromatic carbocycles. The molecule has 0 unspecified atom stereocenters. The van der Waals surface area contributed by atoms with Crippen LogP contribution in [0.3, 0.4) is 0 Å². The molecule has 0 aliphatic carbocycles. The molecule has 4 nitrogen and oxygen atoms in total. The van der Waals surface area contributed by atoms with Crippen molar-refractivity contribution in [3.8, 4) is 39.6 Å². The minimum atomic E-state index is 0.632. The zero-order valence-electron chi connectivity index (χ0n) is 26.5. The van der Waals surface area contributed by atoms with Gasteiger partial charge in [-0.1, -0.05) is 127 Å². The molecule has 0 bridgehead atoms. The number of para-hydroxylation sites is 1. The van der Waals surface area contributed by atoms with E-state index in [1.165, 1.54) is 37.9 Å². The van der Waals surface area contributed by atoms with Gasteiger partial charge in [-0.05, 0) is 69.1 Å². The van der Waals surface area contributed by atoms with Gasteiger partial charge in [-0.25, -0.2) is 9.97 Å². The topological polar surface area (TPSA) is 43.6 Å². The number of benzene rings is 7. The SMILES string of the molecule is c1ccc(-c2ccc3c4cc5ccccc5cc4n(-c4nc(-c5ccc(-c6cccc7ccccc67)nc5)c5ccccc5n4)c3c2)cc1. The van der Waals surface area contributed by atoms with Crippen LogP contribution in [0.15, 0.2) is 170 Å². The number of hydrogen-bond acceptors (Lipinski definition) is 3. The van der Waals surface area contributed by atoms with E-state index in [2.05, 4.69) is 156 Å². The van der Waals surface area contributed by atoms with Gasteiger partial charge in [0.1, 0.15) is 0 Å². The molecular weight excluding hydrogens is 597 g/mol. The number of fused-ring (bicyclic) bond motifs is 6. The lowest BCUT2D eigenvalue weighted by Gasteiger charge is -2.13. The highest BCUT2D eigenvalue weighted by Gasteiger charge is 2.19. The van der Waals surface area contributed by atoms with Gasteiger partial charge in [-0.3, -0.25) is 9.55 Å². The number of aromatic nitrogens is 4. The van der Waals surface area contributed by atoms with E-state index in [1.807, 2.05) is 18.3 Å². The van der Waals surface area contributed by atoms with Gasteiger partial charge < -0.3 is 0 Å². The Morgan fingerprint density at radius 1 is 0.408 bits per heavy atom. The van der Waals surface area contributed by atoms with Crippen LogP contribution in [0.4, 0.5) is 0 Å². The summed E-state index contributed by atoms with van der Waals surface area (Å²) in [5, 5.41) is 8.10. The van der Waals surface area contributed by atoms with Crippen molar-refractivity contribution in [1.29, 1.82) is 0 Å². The standard InChI is InChI=1S/C45H28N4/c1-2-11-29(12-3-1)33-21-23-37-39-25-31-14-4-5-15-32(31)26-43(39)49(42(37)27-33)45-47-41-20-9-8-18-38(41)44(48-45)34-22-24-40(46-28-34)36-19-10-16-30-13-6-7-17-35(30)36/h1-28H. The Balaban J connectivity index is 1.21. The second kappa shape index (κ2) is 11.0. The summed E-state index contributed by atoms with van der Waals surface area (Å²) < 4.78 is 2.23. The molecule has 4 heteroatoms. The van der Waals surface area contributed by atoms with E-state index in [0.717, 1.165) is 50.0 Å². The Kier molecular flexibility index (Phi) is 6.15. The average Bonchev–Trinajstić information content (AvgIpc) is 3.49. The molecule has 49 heavy (non-hydrogen) atoms. The molecule has 0 N–H and O–H groups in total. The first-order valence-corrected chi connectivity index (χ1v) is 16.5. The third kappa shape index (κ3) is 4.49. The van der Waals surface area contributed by atoms with E-state index < -0.39 is 0 Å². The van der Waals surface area contributed by atoms with Gasteiger partial charge >= 0.3 is 0 Å². The van der Waals surface area contributed by atoms with Crippen LogP contribution in [0.2, 0.25) is 0 Å². The highest BCUT2D eigenvalue weighted by molar-refractivity contribution is 6.14. The zero-order chi connectivity index (χ0) is 32.3. The third-order valence-corrected chi connectivity index (χ3v) is 9.63. The van der Waals surface area contributed by atoms with Gasteiger partial charge in [-0.15, -0.1) is 0 Å². The monoisotopic (exact) mass is 624 g/mol. The van der Waals surface area contributed by atoms with Crippen LogP contribution >= 0.6 is 0 Å². The van der Waals surface area contributed by atoms with E-state index >= 15 is 0 Å². The van der Waals surface area contributed by atoms with Gasteiger partial charge in [-0.2, -0.15) is 0 Å². The lowest BCUT2D eigenvalue weighted by atomic mass is 10.0. The van der Waals surface area contributed by atoms with Crippen molar-refractivity contribution in [1.82, 2.24) is 19.5 Å². The van der Waals surface area contributed by atoms with Gasteiger partial charge in [0.25, 0.3) is 0 Å². The first kappa shape index (κ1) is 27.5. The Labute approximate surface area is 282 Å². The zero-order valence-corrected chi connectivity index (χ0v) is 26.5. The molecule has 3 heterocycles. The van der Waals surface area contributed by atoms with Crippen molar-refractivity contribution in [3.05, 3.63) is 170 Å². The van der Waals surface area contributed by atoms with Crippen molar-refractivity contribution >= 4 is 54.3 Å². The maximum atomic E-state index is 5.36. The molecule has 10 aromatic rings.